The molecule has 11 heavy (non-hydrogen) atoms. The molecule has 0 aromatic carbocycles. The van der Waals surface area contributed by atoms with Crippen molar-refractivity contribution in [3.05, 3.63) is 12.2 Å². The third kappa shape index (κ3) is 5.45. The molecule has 3 heteroatoms. The van der Waals surface area contributed by atoms with Gasteiger partial charge in [-0.3, -0.25) is 0 Å². The number of carbonyl (C=O) groups excluding carboxylic acids is 1. The van der Waals surface area contributed by atoms with Gasteiger partial charge in [0.1, 0.15) is 0 Å². The zero-order valence-electron chi connectivity index (χ0n) is 7.33. The van der Waals surface area contributed by atoms with Gasteiger partial charge in [-0.1, -0.05) is 12.2 Å². The molecular weight excluding hydrogens is 142 g/mol. The highest BCUT2D eigenvalue weighted by atomic mass is 16.6. The van der Waals surface area contributed by atoms with Crippen molar-refractivity contribution in [2.45, 2.75) is 13.3 Å². The Kier molecular flexibility index (Phi) is 5.25. The van der Waals surface area contributed by atoms with E-state index < -0.39 is 0 Å². The van der Waals surface area contributed by atoms with Gasteiger partial charge in [0.05, 0.1) is 6.61 Å². The Hall–Kier alpha value is -0.990. The summed E-state index contributed by atoms with van der Waals surface area (Å²) >= 11 is 0. The molecule has 0 aliphatic rings. The number of rotatable bonds is 3. The van der Waals surface area contributed by atoms with Crippen LogP contribution in [0.3, 0.4) is 0 Å². The van der Waals surface area contributed by atoms with Gasteiger partial charge >= 0.3 is 6.09 Å². The first-order chi connectivity index (χ1) is 5.18. The van der Waals surface area contributed by atoms with Crippen molar-refractivity contribution in [3.63, 3.8) is 0 Å². The Balaban J connectivity index is 3.32. The van der Waals surface area contributed by atoms with Crippen LogP contribution in [-0.4, -0.2) is 31.7 Å². The fraction of sp³-hybridized carbons (Fsp3) is 0.625. The van der Waals surface area contributed by atoms with E-state index in [1.165, 1.54) is 4.90 Å². The van der Waals surface area contributed by atoms with Crippen molar-refractivity contribution in [1.29, 1.82) is 0 Å². The summed E-state index contributed by atoms with van der Waals surface area (Å²) in [6.45, 7) is 2.40. The van der Waals surface area contributed by atoms with Gasteiger partial charge in [-0.15, -0.1) is 0 Å². The van der Waals surface area contributed by atoms with Gasteiger partial charge in [0.15, 0.2) is 0 Å². The molecule has 0 atom stereocenters. The maximum Gasteiger partial charge on any atom is 0.409 e. The summed E-state index contributed by atoms with van der Waals surface area (Å²) in [6.07, 6.45) is 4.40. The molecule has 3 nitrogen and oxygen atoms in total. The van der Waals surface area contributed by atoms with E-state index in [1.807, 2.05) is 19.1 Å². The summed E-state index contributed by atoms with van der Waals surface area (Å²) in [6, 6.07) is 0. The summed E-state index contributed by atoms with van der Waals surface area (Å²) in [7, 11) is 3.33. The molecule has 0 N–H and O–H groups in total. The van der Waals surface area contributed by atoms with Gasteiger partial charge in [0.25, 0.3) is 0 Å². The number of carbonyl (C=O) groups is 1. The van der Waals surface area contributed by atoms with E-state index in [2.05, 4.69) is 0 Å². The number of allylic oxidation sites excluding steroid dienone is 1. The van der Waals surface area contributed by atoms with Crippen LogP contribution in [0.2, 0.25) is 0 Å². The molecule has 64 valence electrons. The number of hydrogen-bond acceptors (Lipinski definition) is 2. The Labute approximate surface area is 67.6 Å². The third-order valence-electron chi connectivity index (χ3n) is 1.11. The lowest BCUT2D eigenvalue weighted by Gasteiger charge is -2.09. The lowest BCUT2D eigenvalue weighted by atomic mass is 10.4. The van der Waals surface area contributed by atoms with E-state index in [-0.39, 0.29) is 6.09 Å². The van der Waals surface area contributed by atoms with Crippen LogP contribution in [0.1, 0.15) is 13.3 Å². The maximum atomic E-state index is 10.8. The Bertz CT molecular complexity index is 141. The van der Waals surface area contributed by atoms with Crippen LogP contribution in [0, 0.1) is 0 Å². The lowest BCUT2D eigenvalue weighted by molar-refractivity contribution is 0.120. The largest absolute Gasteiger partial charge is 0.449 e. The van der Waals surface area contributed by atoms with Crippen LogP contribution in [-0.2, 0) is 4.74 Å². The summed E-state index contributed by atoms with van der Waals surface area (Å²) in [5.41, 5.74) is 0. The second-order valence-corrected chi connectivity index (χ2v) is 2.37. The van der Waals surface area contributed by atoms with E-state index in [0.717, 1.165) is 6.42 Å². The number of amides is 1. The lowest BCUT2D eigenvalue weighted by Crippen LogP contribution is -2.22. The number of hydrogen-bond donors (Lipinski definition) is 0. The second-order valence-electron chi connectivity index (χ2n) is 2.37. The minimum atomic E-state index is -0.283. The van der Waals surface area contributed by atoms with Crippen LogP contribution >= 0.6 is 0 Å². The predicted octanol–water partition coefficient (Wildman–Crippen LogP) is 1.65. The van der Waals surface area contributed by atoms with E-state index in [1.54, 1.807) is 14.1 Å². The first-order valence-electron chi connectivity index (χ1n) is 3.63. The number of nitrogens with zero attached hydrogens (tertiary/aromatic N) is 1. The van der Waals surface area contributed by atoms with Crippen molar-refractivity contribution >= 4 is 6.09 Å². The van der Waals surface area contributed by atoms with Gasteiger partial charge in [0.2, 0.25) is 0 Å². The van der Waals surface area contributed by atoms with Gasteiger partial charge in [-0.05, 0) is 13.3 Å². The third-order valence-corrected chi connectivity index (χ3v) is 1.11. The zero-order chi connectivity index (χ0) is 8.69. The molecule has 0 fully saturated rings. The molecular formula is C8H15NO2. The summed E-state index contributed by atoms with van der Waals surface area (Å²) in [5.74, 6) is 0. The monoisotopic (exact) mass is 157 g/mol. The predicted molar refractivity (Wildman–Crippen MR) is 44.5 cm³/mol. The Morgan fingerprint density at radius 2 is 2.18 bits per heavy atom. The van der Waals surface area contributed by atoms with Gasteiger partial charge < -0.3 is 9.64 Å². The van der Waals surface area contributed by atoms with Crippen molar-refractivity contribution < 1.29 is 9.53 Å². The SMILES string of the molecule is C/C=C\CCOC(=O)N(C)C. The average Bonchev–Trinajstić information content (AvgIpc) is 1.97. The molecule has 0 rings (SSSR count). The Morgan fingerprint density at radius 3 is 2.64 bits per heavy atom. The van der Waals surface area contributed by atoms with E-state index in [0.29, 0.717) is 6.61 Å². The van der Waals surface area contributed by atoms with E-state index in [4.69, 9.17) is 4.74 Å². The minimum absolute atomic E-state index is 0.283. The van der Waals surface area contributed by atoms with E-state index in [9.17, 15) is 4.79 Å². The zero-order valence-corrected chi connectivity index (χ0v) is 7.33. The maximum absolute atomic E-state index is 10.8. The molecule has 0 radical (unpaired) electrons. The molecule has 0 saturated heterocycles. The van der Waals surface area contributed by atoms with Gasteiger partial charge in [0, 0.05) is 14.1 Å². The fourth-order valence-electron chi connectivity index (χ4n) is 0.510. The topological polar surface area (TPSA) is 29.5 Å². The molecule has 0 aliphatic heterocycles. The first kappa shape index (κ1) is 10.0. The standard InChI is InChI=1S/C8H15NO2/c1-4-5-6-7-11-8(10)9(2)3/h4-5H,6-7H2,1-3H3/b5-4-. The smallest absolute Gasteiger partial charge is 0.409 e. The van der Waals surface area contributed by atoms with Crippen LogP contribution < -0.4 is 0 Å². The fourth-order valence-corrected chi connectivity index (χ4v) is 0.510. The molecule has 0 saturated carbocycles. The van der Waals surface area contributed by atoms with Crippen LogP contribution in [0.15, 0.2) is 12.2 Å². The quantitative estimate of drug-likeness (QED) is 0.460. The highest BCUT2D eigenvalue weighted by molar-refractivity contribution is 5.66. The molecule has 0 heterocycles. The Morgan fingerprint density at radius 1 is 1.55 bits per heavy atom. The molecule has 0 spiro atoms. The van der Waals surface area contributed by atoms with Crippen LogP contribution in [0.5, 0.6) is 0 Å². The second kappa shape index (κ2) is 5.77. The van der Waals surface area contributed by atoms with Crippen LogP contribution in [0.25, 0.3) is 0 Å². The van der Waals surface area contributed by atoms with Gasteiger partial charge in [-0.2, -0.15) is 0 Å². The van der Waals surface area contributed by atoms with Crippen molar-refractivity contribution in [2.24, 2.45) is 0 Å². The average molecular weight is 157 g/mol. The molecule has 0 aliphatic carbocycles. The van der Waals surface area contributed by atoms with Crippen molar-refractivity contribution in [1.82, 2.24) is 4.90 Å². The minimum Gasteiger partial charge on any atom is -0.449 e. The molecule has 0 bridgehead atoms. The first-order valence-corrected chi connectivity index (χ1v) is 3.63. The molecule has 1 amide bonds. The molecule has 0 unspecified atom stereocenters. The highest BCUT2D eigenvalue weighted by Crippen LogP contribution is 1.89. The van der Waals surface area contributed by atoms with Crippen molar-refractivity contribution in [2.75, 3.05) is 20.7 Å². The summed E-state index contributed by atoms with van der Waals surface area (Å²) < 4.78 is 4.84. The molecule has 0 aromatic rings. The molecule has 0 aromatic heterocycles. The summed E-state index contributed by atoms with van der Waals surface area (Å²) in [4.78, 5) is 12.2. The van der Waals surface area contributed by atoms with Crippen LogP contribution in [0.4, 0.5) is 4.79 Å². The van der Waals surface area contributed by atoms with Gasteiger partial charge in [-0.25, -0.2) is 4.79 Å². The van der Waals surface area contributed by atoms with Crippen molar-refractivity contribution in [3.8, 4) is 0 Å². The highest BCUT2D eigenvalue weighted by Gasteiger charge is 2.01. The summed E-state index contributed by atoms with van der Waals surface area (Å²) in [5, 5.41) is 0. The number of ether oxygens (including phenoxy) is 1. The van der Waals surface area contributed by atoms with E-state index >= 15 is 0 Å². The normalized spacial score (nSPS) is 10.1.